The summed E-state index contributed by atoms with van der Waals surface area (Å²) in [5, 5.41) is 3.82. The van der Waals surface area contributed by atoms with Crippen molar-refractivity contribution in [2.24, 2.45) is 0 Å². The standard InChI is InChI=1S/C22H26N4O5S/c1-13-14(2)16(4)21(17(5)15(13)3)32(28,29)24-10-8-20(27)30-12-19-25-22(26-31-19)18-7-6-9-23-11-18/h6-7,9,11,24H,8,10,12H2,1-5H3. The fourth-order valence-corrected chi connectivity index (χ4v) is 5.00. The number of nitrogens with zero attached hydrogens (tertiary/aromatic N) is 3. The second-order valence-electron chi connectivity index (χ2n) is 7.52. The van der Waals surface area contributed by atoms with E-state index in [-0.39, 0.29) is 30.4 Å². The normalized spacial score (nSPS) is 11.5. The van der Waals surface area contributed by atoms with Gasteiger partial charge in [-0.2, -0.15) is 4.98 Å². The van der Waals surface area contributed by atoms with Gasteiger partial charge in [-0.25, -0.2) is 13.1 Å². The quantitative estimate of drug-likeness (QED) is 0.511. The van der Waals surface area contributed by atoms with Gasteiger partial charge in [0.1, 0.15) is 0 Å². The fourth-order valence-electron chi connectivity index (χ4n) is 3.37. The molecule has 2 aromatic heterocycles. The first-order valence-electron chi connectivity index (χ1n) is 10.1. The van der Waals surface area contributed by atoms with Crippen LogP contribution in [0.25, 0.3) is 11.4 Å². The number of benzene rings is 1. The minimum atomic E-state index is -3.78. The van der Waals surface area contributed by atoms with E-state index in [1.54, 1.807) is 38.4 Å². The highest BCUT2D eigenvalue weighted by Crippen LogP contribution is 2.29. The molecule has 3 rings (SSSR count). The van der Waals surface area contributed by atoms with Crippen LogP contribution in [-0.2, 0) is 26.2 Å². The molecule has 10 heteroatoms. The lowest BCUT2D eigenvalue weighted by Crippen LogP contribution is -2.28. The topological polar surface area (TPSA) is 124 Å². The Morgan fingerprint density at radius 3 is 2.34 bits per heavy atom. The molecular formula is C22H26N4O5S. The lowest BCUT2D eigenvalue weighted by Gasteiger charge is -2.19. The van der Waals surface area contributed by atoms with E-state index in [9.17, 15) is 13.2 Å². The van der Waals surface area contributed by atoms with E-state index in [1.165, 1.54) is 0 Å². The summed E-state index contributed by atoms with van der Waals surface area (Å²) in [5.74, 6) is -0.112. The third kappa shape index (κ3) is 5.03. The van der Waals surface area contributed by atoms with Crippen LogP contribution in [0.4, 0.5) is 0 Å². The average Bonchev–Trinajstić information content (AvgIpc) is 3.24. The molecule has 9 nitrogen and oxygen atoms in total. The van der Waals surface area contributed by atoms with Crippen molar-refractivity contribution < 1.29 is 22.5 Å². The maximum Gasteiger partial charge on any atom is 0.307 e. The molecule has 0 aliphatic rings. The molecule has 2 heterocycles. The van der Waals surface area contributed by atoms with Gasteiger partial charge in [0.05, 0.1) is 11.3 Å². The predicted octanol–water partition coefficient (Wildman–Crippen LogP) is 3.09. The molecular weight excluding hydrogens is 432 g/mol. The monoisotopic (exact) mass is 458 g/mol. The zero-order chi connectivity index (χ0) is 23.5. The average molecular weight is 459 g/mol. The van der Waals surface area contributed by atoms with Crippen molar-refractivity contribution >= 4 is 16.0 Å². The maximum absolute atomic E-state index is 12.9. The van der Waals surface area contributed by atoms with Gasteiger partial charge in [0.25, 0.3) is 5.89 Å². The van der Waals surface area contributed by atoms with Crippen LogP contribution in [0.1, 0.15) is 40.1 Å². The number of carbonyl (C=O) groups excluding carboxylic acids is 1. The molecule has 0 bridgehead atoms. The van der Waals surface area contributed by atoms with Gasteiger partial charge in [0.15, 0.2) is 6.61 Å². The summed E-state index contributed by atoms with van der Waals surface area (Å²) >= 11 is 0. The van der Waals surface area contributed by atoms with Crippen LogP contribution in [0.5, 0.6) is 0 Å². The summed E-state index contributed by atoms with van der Waals surface area (Å²) in [6.45, 7) is 9.09. The molecule has 0 fully saturated rings. The fraction of sp³-hybridized carbons (Fsp3) is 0.364. The summed E-state index contributed by atoms with van der Waals surface area (Å²) in [7, 11) is -3.78. The number of ether oxygens (including phenoxy) is 1. The molecule has 32 heavy (non-hydrogen) atoms. The molecule has 0 saturated carbocycles. The predicted molar refractivity (Wildman–Crippen MR) is 117 cm³/mol. The number of pyridine rings is 1. The Balaban J connectivity index is 1.56. The summed E-state index contributed by atoms with van der Waals surface area (Å²) in [5.41, 5.74) is 5.06. The number of aromatic nitrogens is 3. The zero-order valence-electron chi connectivity index (χ0n) is 18.7. The van der Waals surface area contributed by atoms with Crippen LogP contribution in [0.2, 0.25) is 0 Å². The number of hydrogen-bond acceptors (Lipinski definition) is 8. The number of esters is 1. The summed E-state index contributed by atoms with van der Waals surface area (Å²) < 4.78 is 38.5. The largest absolute Gasteiger partial charge is 0.456 e. The van der Waals surface area contributed by atoms with Gasteiger partial charge in [0.2, 0.25) is 15.8 Å². The van der Waals surface area contributed by atoms with E-state index >= 15 is 0 Å². The second kappa shape index (κ2) is 9.58. The number of carbonyl (C=O) groups is 1. The van der Waals surface area contributed by atoms with E-state index in [4.69, 9.17) is 9.26 Å². The molecule has 0 saturated heterocycles. The summed E-state index contributed by atoms with van der Waals surface area (Å²) in [6.07, 6.45) is 3.09. The molecule has 0 aliphatic heterocycles. The molecule has 0 aliphatic carbocycles. The van der Waals surface area contributed by atoms with Gasteiger partial charge in [-0.3, -0.25) is 9.78 Å². The van der Waals surface area contributed by atoms with Crippen LogP contribution in [-0.4, -0.2) is 36.1 Å². The third-order valence-corrected chi connectivity index (χ3v) is 7.30. The van der Waals surface area contributed by atoms with Crippen LogP contribution in [0, 0.1) is 34.6 Å². The van der Waals surface area contributed by atoms with Gasteiger partial charge in [-0.15, -0.1) is 0 Å². The first kappa shape index (κ1) is 23.6. The van der Waals surface area contributed by atoms with Crippen molar-refractivity contribution in [2.45, 2.75) is 52.5 Å². The van der Waals surface area contributed by atoms with Crippen molar-refractivity contribution in [3.8, 4) is 11.4 Å². The number of sulfonamides is 1. The van der Waals surface area contributed by atoms with Gasteiger partial charge in [-0.05, 0) is 74.6 Å². The Bertz CT molecular complexity index is 1210. The Labute approximate surface area is 187 Å². The van der Waals surface area contributed by atoms with Gasteiger partial charge < -0.3 is 9.26 Å². The SMILES string of the molecule is Cc1c(C)c(C)c(S(=O)(=O)NCCC(=O)OCc2nc(-c3cccnc3)no2)c(C)c1C. The Hall–Kier alpha value is -3.11. The molecule has 1 aromatic carbocycles. The van der Waals surface area contributed by atoms with Crippen molar-refractivity contribution in [1.29, 1.82) is 0 Å². The highest BCUT2D eigenvalue weighted by atomic mass is 32.2. The smallest absolute Gasteiger partial charge is 0.307 e. The molecule has 0 unspecified atom stereocenters. The molecule has 0 atom stereocenters. The van der Waals surface area contributed by atoms with E-state index in [0.29, 0.717) is 22.5 Å². The van der Waals surface area contributed by atoms with Crippen LogP contribution in [0.15, 0.2) is 33.9 Å². The van der Waals surface area contributed by atoms with Crippen LogP contribution >= 0.6 is 0 Å². The molecule has 0 spiro atoms. The van der Waals surface area contributed by atoms with E-state index in [1.807, 2.05) is 20.8 Å². The Morgan fingerprint density at radius 1 is 1.06 bits per heavy atom. The molecule has 0 amide bonds. The number of nitrogens with one attached hydrogen (secondary N) is 1. The summed E-state index contributed by atoms with van der Waals surface area (Å²) in [6, 6.07) is 3.52. The van der Waals surface area contributed by atoms with Crippen molar-refractivity contribution in [3.05, 3.63) is 58.2 Å². The molecule has 170 valence electrons. The lowest BCUT2D eigenvalue weighted by atomic mass is 9.95. The first-order chi connectivity index (χ1) is 15.1. The highest BCUT2D eigenvalue weighted by Gasteiger charge is 2.23. The van der Waals surface area contributed by atoms with Crippen LogP contribution < -0.4 is 4.72 Å². The van der Waals surface area contributed by atoms with E-state index < -0.39 is 16.0 Å². The van der Waals surface area contributed by atoms with Crippen molar-refractivity contribution in [1.82, 2.24) is 19.8 Å². The maximum atomic E-state index is 12.9. The molecule has 3 aromatic rings. The molecule has 0 radical (unpaired) electrons. The minimum Gasteiger partial charge on any atom is -0.456 e. The van der Waals surface area contributed by atoms with E-state index in [0.717, 1.165) is 16.7 Å². The minimum absolute atomic E-state index is 0.0865. The van der Waals surface area contributed by atoms with Crippen molar-refractivity contribution in [3.63, 3.8) is 0 Å². The highest BCUT2D eigenvalue weighted by molar-refractivity contribution is 7.89. The van der Waals surface area contributed by atoms with Crippen LogP contribution in [0.3, 0.4) is 0 Å². The summed E-state index contributed by atoms with van der Waals surface area (Å²) in [4.78, 5) is 20.4. The first-order valence-corrected chi connectivity index (χ1v) is 11.6. The molecule has 1 N–H and O–H groups in total. The van der Waals surface area contributed by atoms with Gasteiger partial charge in [-0.1, -0.05) is 5.16 Å². The van der Waals surface area contributed by atoms with Crippen molar-refractivity contribution in [2.75, 3.05) is 6.54 Å². The van der Waals surface area contributed by atoms with Gasteiger partial charge >= 0.3 is 5.97 Å². The number of hydrogen-bond donors (Lipinski definition) is 1. The zero-order valence-corrected chi connectivity index (χ0v) is 19.5. The number of rotatable bonds is 8. The van der Waals surface area contributed by atoms with E-state index in [2.05, 4.69) is 19.8 Å². The second-order valence-corrected chi connectivity index (χ2v) is 9.22. The van der Waals surface area contributed by atoms with Gasteiger partial charge in [0, 0.05) is 24.5 Å². The Morgan fingerprint density at radius 2 is 1.72 bits per heavy atom. The lowest BCUT2D eigenvalue weighted by molar-refractivity contribution is -0.145. The third-order valence-electron chi connectivity index (χ3n) is 5.57. The Kier molecular flexibility index (Phi) is 7.05.